The molecule has 2 heterocycles. The van der Waals surface area contributed by atoms with Crippen LogP contribution in [-0.4, -0.2) is 107 Å². The normalized spacial score (nSPS) is 25.5. The second kappa shape index (κ2) is 13.9. The average molecular weight is 724 g/mol. The SMILES string of the molecule is COc1ccc2c3c1O[C@H]1C(OC(=O)C[C@H](OC(C)=O)C(=O)O[C@H](C(=O)O[C@@H](CC(=O)O)C(=O)O)c4ccccc4)=CC[C@@]4(O)[C@H](C2)N(C)CC[C@]314. The summed E-state index contributed by atoms with van der Waals surface area (Å²) in [5.74, 6) is -7.14. The van der Waals surface area contributed by atoms with Gasteiger partial charge in [0.1, 0.15) is 5.76 Å². The van der Waals surface area contributed by atoms with Gasteiger partial charge < -0.3 is 48.6 Å². The van der Waals surface area contributed by atoms with E-state index in [4.69, 9.17) is 33.5 Å². The second-order valence-electron chi connectivity index (χ2n) is 13.2. The Kier molecular flexibility index (Phi) is 9.72. The van der Waals surface area contributed by atoms with Crippen molar-refractivity contribution >= 4 is 35.8 Å². The average Bonchev–Trinajstić information content (AvgIpc) is 3.45. The maximum absolute atomic E-state index is 13.5. The fraction of sp³-hybridized carbons (Fsp3) is 0.444. The van der Waals surface area contributed by atoms with Crippen molar-refractivity contribution in [1.82, 2.24) is 4.90 Å². The minimum absolute atomic E-state index is 0.0141. The second-order valence-corrected chi connectivity index (χ2v) is 13.2. The van der Waals surface area contributed by atoms with Crippen molar-refractivity contribution in [3.63, 3.8) is 0 Å². The number of carbonyl (C=O) groups is 6. The molecule has 2 aromatic rings. The lowest BCUT2D eigenvalue weighted by atomic mass is 9.50. The van der Waals surface area contributed by atoms with Crippen LogP contribution >= 0.6 is 0 Å². The smallest absolute Gasteiger partial charge is 0.353 e. The van der Waals surface area contributed by atoms with Crippen LogP contribution in [0.1, 0.15) is 55.4 Å². The molecule has 6 rings (SSSR count). The van der Waals surface area contributed by atoms with E-state index < -0.39 is 84.1 Å². The van der Waals surface area contributed by atoms with Gasteiger partial charge in [0.15, 0.2) is 17.6 Å². The predicted octanol–water partition coefficient (Wildman–Crippen LogP) is 1.59. The minimum atomic E-state index is -2.11. The number of carboxylic acids is 2. The number of rotatable bonds is 13. The van der Waals surface area contributed by atoms with Crippen LogP contribution in [0.3, 0.4) is 0 Å². The van der Waals surface area contributed by atoms with Gasteiger partial charge in [-0.15, -0.1) is 0 Å². The fourth-order valence-corrected chi connectivity index (χ4v) is 7.90. The highest BCUT2D eigenvalue weighted by molar-refractivity contribution is 5.88. The third-order valence-corrected chi connectivity index (χ3v) is 10.2. The Labute approximate surface area is 296 Å². The van der Waals surface area contributed by atoms with Gasteiger partial charge in [0.25, 0.3) is 0 Å². The van der Waals surface area contributed by atoms with E-state index in [-0.39, 0.29) is 23.8 Å². The molecule has 4 aliphatic rings. The van der Waals surface area contributed by atoms with E-state index in [0.717, 1.165) is 18.1 Å². The van der Waals surface area contributed by atoms with Crippen LogP contribution in [0.2, 0.25) is 0 Å². The molecule has 0 radical (unpaired) electrons. The number of benzene rings is 2. The summed E-state index contributed by atoms with van der Waals surface area (Å²) in [6.07, 6.45) is -6.14. The largest absolute Gasteiger partial charge is 0.493 e. The number of nitrogens with zero attached hydrogens (tertiary/aromatic N) is 1. The van der Waals surface area contributed by atoms with Gasteiger partial charge in [0.05, 0.1) is 31.0 Å². The highest BCUT2D eigenvalue weighted by atomic mass is 16.6. The van der Waals surface area contributed by atoms with Gasteiger partial charge in [-0.2, -0.15) is 0 Å². The molecule has 1 spiro atoms. The molecule has 276 valence electrons. The van der Waals surface area contributed by atoms with Gasteiger partial charge in [0.2, 0.25) is 18.3 Å². The Morgan fingerprint density at radius 3 is 2.35 bits per heavy atom. The summed E-state index contributed by atoms with van der Waals surface area (Å²) >= 11 is 0. The summed E-state index contributed by atoms with van der Waals surface area (Å²) in [4.78, 5) is 77.0. The standard InChI is InChI=1S/C36H37NO15/c1-18(38)48-24(33(44)52-29(19-7-5-4-6-8-19)34(45)50-23(32(42)43)16-26(39)40)17-27(41)49-22-11-12-36(46)25-15-20-9-10-21(47-3)30-28(20)35(36,31(22)51-30)13-14-37(25)2/h4-11,23-25,29,31,46H,12-17H2,1-3H3,(H,39,40)(H,42,43)/t23-,24-,25-,29-,31-,35-,36+/m0/s1. The van der Waals surface area contributed by atoms with Crippen LogP contribution in [0.4, 0.5) is 0 Å². The number of hydrogen-bond donors (Lipinski definition) is 3. The van der Waals surface area contributed by atoms with Crippen LogP contribution in [0.15, 0.2) is 54.3 Å². The number of methoxy groups -OCH3 is 1. The summed E-state index contributed by atoms with van der Waals surface area (Å²) in [5.41, 5.74) is -0.466. The van der Waals surface area contributed by atoms with Crippen molar-refractivity contribution in [2.75, 3.05) is 20.7 Å². The lowest BCUT2D eigenvalue weighted by molar-refractivity contribution is -0.186. The molecular formula is C36H37NO15. The molecule has 3 N–H and O–H groups in total. The summed E-state index contributed by atoms with van der Waals surface area (Å²) < 4.78 is 33.2. The molecule has 2 aromatic carbocycles. The van der Waals surface area contributed by atoms with Gasteiger partial charge in [-0.3, -0.25) is 14.4 Å². The van der Waals surface area contributed by atoms with Crippen molar-refractivity contribution in [2.24, 2.45) is 0 Å². The topological polar surface area (TPSA) is 222 Å². The number of piperidine rings is 1. The number of likely N-dealkylation sites (N-methyl/N-ethyl adjacent to an activating group) is 1. The van der Waals surface area contributed by atoms with Crippen molar-refractivity contribution in [3.05, 3.63) is 71.0 Å². The molecule has 0 amide bonds. The molecule has 0 aromatic heterocycles. The Morgan fingerprint density at radius 1 is 0.962 bits per heavy atom. The first-order valence-corrected chi connectivity index (χ1v) is 16.5. The summed E-state index contributed by atoms with van der Waals surface area (Å²) in [6, 6.07) is 10.7. The maximum atomic E-state index is 13.5. The molecule has 1 fully saturated rings. The monoisotopic (exact) mass is 723 g/mol. The highest BCUT2D eigenvalue weighted by Gasteiger charge is 2.72. The number of ether oxygens (including phenoxy) is 6. The highest BCUT2D eigenvalue weighted by Crippen LogP contribution is 2.65. The van der Waals surface area contributed by atoms with Crippen molar-refractivity contribution in [1.29, 1.82) is 0 Å². The zero-order valence-electron chi connectivity index (χ0n) is 28.4. The number of carbonyl (C=O) groups excluding carboxylic acids is 4. The number of aliphatic carboxylic acids is 2. The summed E-state index contributed by atoms with van der Waals surface area (Å²) in [6.45, 7) is 1.61. The molecule has 2 bridgehead atoms. The van der Waals surface area contributed by atoms with Gasteiger partial charge in [-0.25, -0.2) is 14.4 Å². The van der Waals surface area contributed by atoms with Gasteiger partial charge >= 0.3 is 35.8 Å². The summed E-state index contributed by atoms with van der Waals surface area (Å²) in [5, 5.41) is 30.8. The predicted molar refractivity (Wildman–Crippen MR) is 173 cm³/mol. The quantitative estimate of drug-likeness (QED) is 0.197. The van der Waals surface area contributed by atoms with Gasteiger partial charge in [-0.1, -0.05) is 36.4 Å². The third-order valence-electron chi connectivity index (χ3n) is 10.2. The number of esters is 4. The molecule has 7 atom stereocenters. The molecule has 16 nitrogen and oxygen atoms in total. The van der Waals surface area contributed by atoms with E-state index in [9.17, 15) is 39.0 Å². The first-order valence-electron chi connectivity index (χ1n) is 16.5. The molecule has 52 heavy (non-hydrogen) atoms. The van der Waals surface area contributed by atoms with E-state index >= 15 is 0 Å². The molecule has 1 saturated heterocycles. The van der Waals surface area contributed by atoms with E-state index in [1.807, 2.05) is 13.1 Å². The van der Waals surface area contributed by atoms with E-state index in [0.29, 0.717) is 30.9 Å². The lowest BCUT2D eigenvalue weighted by Crippen LogP contribution is -2.74. The summed E-state index contributed by atoms with van der Waals surface area (Å²) in [7, 11) is 3.45. The minimum Gasteiger partial charge on any atom is -0.493 e. The zero-order valence-corrected chi connectivity index (χ0v) is 28.4. The van der Waals surface area contributed by atoms with Crippen LogP contribution < -0.4 is 9.47 Å². The van der Waals surface area contributed by atoms with Crippen molar-refractivity contribution < 1.29 is 72.5 Å². The van der Waals surface area contributed by atoms with E-state index in [2.05, 4.69) is 4.90 Å². The van der Waals surface area contributed by atoms with Crippen LogP contribution in [-0.2, 0) is 59.6 Å². The number of likely N-dealkylation sites (tertiary alicyclic amines) is 1. The zero-order chi connectivity index (χ0) is 37.5. The Balaban J connectivity index is 1.24. The third kappa shape index (κ3) is 6.21. The number of hydrogen-bond acceptors (Lipinski definition) is 14. The lowest BCUT2D eigenvalue weighted by Gasteiger charge is -2.61. The first kappa shape index (κ1) is 36.3. The Bertz CT molecular complexity index is 1840. The molecule has 2 aliphatic heterocycles. The Morgan fingerprint density at radius 2 is 1.69 bits per heavy atom. The molecule has 0 saturated carbocycles. The number of carboxylic acid groups (broad SMARTS) is 2. The first-order chi connectivity index (χ1) is 24.7. The molecule has 2 aliphatic carbocycles. The van der Waals surface area contributed by atoms with Crippen LogP contribution in [0.5, 0.6) is 11.5 Å². The molecular weight excluding hydrogens is 686 g/mol. The van der Waals surface area contributed by atoms with E-state index in [1.54, 1.807) is 18.2 Å². The maximum Gasteiger partial charge on any atom is 0.353 e. The van der Waals surface area contributed by atoms with Gasteiger partial charge in [-0.05, 0) is 44.1 Å². The van der Waals surface area contributed by atoms with Crippen molar-refractivity contribution in [3.8, 4) is 11.5 Å². The van der Waals surface area contributed by atoms with Crippen molar-refractivity contribution in [2.45, 2.75) is 80.5 Å². The fourth-order valence-electron chi connectivity index (χ4n) is 7.90. The Hall–Kier alpha value is -5.48. The molecule has 0 unspecified atom stereocenters. The van der Waals surface area contributed by atoms with Crippen LogP contribution in [0.25, 0.3) is 0 Å². The molecule has 16 heteroatoms. The number of aliphatic hydroxyl groups is 1. The van der Waals surface area contributed by atoms with Gasteiger partial charge in [0, 0.05) is 30.5 Å². The van der Waals surface area contributed by atoms with Crippen LogP contribution in [0, 0.1) is 0 Å². The van der Waals surface area contributed by atoms with E-state index in [1.165, 1.54) is 31.4 Å².